The van der Waals surface area contributed by atoms with Gasteiger partial charge in [0.05, 0.1) is 5.36 Å². The van der Waals surface area contributed by atoms with Crippen molar-refractivity contribution in [1.29, 1.82) is 0 Å². The van der Waals surface area contributed by atoms with Crippen molar-refractivity contribution in [3.8, 4) is 0 Å². The summed E-state index contributed by atoms with van der Waals surface area (Å²) in [5.41, 5.74) is 0. The van der Waals surface area contributed by atoms with E-state index in [2.05, 4.69) is 9.98 Å². The van der Waals surface area contributed by atoms with Crippen molar-refractivity contribution in [2.75, 3.05) is 0 Å². The molecule has 0 saturated carbocycles. The molecule has 2 aromatic rings. The van der Waals surface area contributed by atoms with Gasteiger partial charge in [0.1, 0.15) is 0 Å². The average Bonchev–Trinajstić information content (AvgIpc) is 2.89. The van der Waals surface area contributed by atoms with Crippen LogP contribution in [0.3, 0.4) is 0 Å². The highest BCUT2D eigenvalue weighted by Gasteiger charge is 2.11. The highest BCUT2D eigenvalue weighted by Crippen LogP contribution is 1.84. The third-order valence-corrected chi connectivity index (χ3v) is 2.15. The fourth-order valence-corrected chi connectivity index (χ4v) is 1.36. The second kappa shape index (κ2) is 5.03. The molecule has 4 heteroatoms. The highest BCUT2D eigenvalue weighted by molar-refractivity contribution is 6.48. The third-order valence-electron chi connectivity index (χ3n) is 2.15. The number of fused-ring (bicyclic) bond motifs is 1. The molecular formula is C13H10N2O2. The maximum Gasteiger partial charge on any atom is 0.317 e. The van der Waals surface area contributed by atoms with Crippen molar-refractivity contribution in [3.63, 3.8) is 0 Å². The normalized spacial score (nSPS) is 12.7. The van der Waals surface area contributed by atoms with Gasteiger partial charge in [0, 0.05) is 23.7 Å². The first-order chi connectivity index (χ1) is 8.27. The number of carbonyl (C=O) groups excluding carboxylic acids is 2. The molecule has 0 unspecified atom stereocenters. The first-order valence-corrected chi connectivity index (χ1v) is 5.09. The number of H-pyrrole nitrogens is 1. The van der Waals surface area contributed by atoms with Crippen LogP contribution < -0.4 is 10.6 Å². The largest absolute Gasteiger partial charge is 0.368 e. The lowest BCUT2D eigenvalue weighted by atomic mass is 10.2. The van der Waals surface area contributed by atoms with Crippen LogP contribution in [0.5, 0.6) is 0 Å². The Bertz CT molecular complexity index is 580. The number of aromatic amines is 1. The van der Waals surface area contributed by atoms with Crippen molar-refractivity contribution in [3.05, 3.63) is 59.4 Å². The van der Waals surface area contributed by atoms with Crippen LogP contribution in [0.4, 0.5) is 0 Å². The van der Waals surface area contributed by atoms with Gasteiger partial charge in [0.15, 0.2) is 0 Å². The smallest absolute Gasteiger partial charge is 0.317 e. The summed E-state index contributed by atoms with van der Waals surface area (Å²) in [7, 11) is 0. The zero-order chi connectivity index (χ0) is 12.1. The zero-order valence-corrected chi connectivity index (χ0v) is 8.96. The van der Waals surface area contributed by atoms with E-state index < -0.39 is 11.7 Å². The minimum Gasteiger partial charge on any atom is -0.368 e. The van der Waals surface area contributed by atoms with E-state index in [0.717, 1.165) is 0 Å². The molecule has 1 aliphatic rings. The first-order valence-electron chi connectivity index (χ1n) is 5.09. The second-order valence-corrected chi connectivity index (χ2v) is 3.37. The molecule has 0 aliphatic carbocycles. The molecule has 1 aromatic carbocycles. The quantitative estimate of drug-likeness (QED) is 0.653. The van der Waals surface area contributed by atoms with E-state index in [1.54, 1.807) is 24.3 Å². The number of carbonyl (C=O) groups is 2. The van der Waals surface area contributed by atoms with Crippen LogP contribution in [-0.4, -0.2) is 16.7 Å². The molecule has 1 aliphatic heterocycles. The third kappa shape index (κ3) is 2.75. The minimum atomic E-state index is -0.686. The first kappa shape index (κ1) is 11.0. The molecule has 84 valence electrons. The molecule has 3 rings (SSSR count). The Morgan fingerprint density at radius 2 is 1.65 bits per heavy atom. The average molecular weight is 226 g/mol. The lowest BCUT2D eigenvalue weighted by molar-refractivity contribution is -0.132. The number of Topliss-reactive ketones (excluding diaryl/α,β-unsaturated/α-hetero) is 1. The molecule has 0 bridgehead atoms. The van der Waals surface area contributed by atoms with Gasteiger partial charge in [-0.2, -0.15) is 0 Å². The van der Waals surface area contributed by atoms with Gasteiger partial charge in [-0.3, -0.25) is 9.59 Å². The maximum absolute atomic E-state index is 10.9. The molecule has 17 heavy (non-hydrogen) atoms. The minimum absolute atomic E-state index is 0.547. The fourth-order valence-electron chi connectivity index (χ4n) is 1.36. The van der Waals surface area contributed by atoms with Crippen LogP contribution in [0.2, 0.25) is 0 Å². The standard InChI is InChI=1S/C9H5NO2.C4H5N/c11-8-5-6-3-1-2-4-7(6)10-9(8)12;1-2-4-5-3-1/h1-5H;1-5H. The van der Waals surface area contributed by atoms with Crippen molar-refractivity contribution in [1.82, 2.24) is 4.98 Å². The number of nitrogens with zero attached hydrogens (tertiary/aromatic N) is 1. The van der Waals surface area contributed by atoms with Gasteiger partial charge in [-0.05, 0) is 18.2 Å². The Labute approximate surface area is 97.3 Å². The van der Waals surface area contributed by atoms with Crippen LogP contribution in [0, 0.1) is 0 Å². The molecular weight excluding hydrogens is 216 g/mol. The van der Waals surface area contributed by atoms with Crippen LogP contribution in [-0.2, 0) is 9.59 Å². The molecule has 0 spiro atoms. The summed E-state index contributed by atoms with van der Waals surface area (Å²) in [6.07, 6.45) is 5.06. The lowest BCUT2D eigenvalue weighted by Gasteiger charge is -1.95. The number of amides is 1. The number of aromatic nitrogens is 1. The van der Waals surface area contributed by atoms with Crippen LogP contribution in [0.25, 0.3) is 6.08 Å². The lowest BCUT2D eigenvalue weighted by Crippen LogP contribution is -2.33. The summed E-state index contributed by atoms with van der Waals surface area (Å²) in [6, 6.07) is 10.9. The van der Waals surface area contributed by atoms with Gasteiger partial charge in [0.25, 0.3) is 0 Å². The Balaban J connectivity index is 0.000000181. The molecule has 0 fully saturated rings. The summed E-state index contributed by atoms with van der Waals surface area (Å²) in [4.78, 5) is 28.1. The van der Waals surface area contributed by atoms with Crippen LogP contribution in [0.1, 0.15) is 0 Å². The van der Waals surface area contributed by atoms with Gasteiger partial charge >= 0.3 is 5.91 Å². The van der Waals surface area contributed by atoms with Gasteiger partial charge < -0.3 is 4.98 Å². The summed E-state index contributed by atoms with van der Waals surface area (Å²) in [5, 5.41) is 1.28. The molecule has 2 heterocycles. The van der Waals surface area contributed by atoms with E-state index in [1.807, 2.05) is 24.5 Å². The van der Waals surface area contributed by atoms with Crippen LogP contribution in [0.15, 0.2) is 53.8 Å². The van der Waals surface area contributed by atoms with E-state index in [-0.39, 0.29) is 0 Å². The Kier molecular flexibility index (Phi) is 3.25. The molecule has 4 nitrogen and oxygen atoms in total. The van der Waals surface area contributed by atoms with E-state index >= 15 is 0 Å². The van der Waals surface area contributed by atoms with Crippen molar-refractivity contribution in [2.45, 2.75) is 0 Å². The monoisotopic (exact) mass is 226 g/mol. The molecule has 1 aromatic heterocycles. The van der Waals surface area contributed by atoms with Gasteiger partial charge in [-0.25, -0.2) is 4.99 Å². The number of rotatable bonds is 0. The zero-order valence-electron chi connectivity index (χ0n) is 8.96. The van der Waals surface area contributed by atoms with E-state index in [9.17, 15) is 9.59 Å². The molecule has 0 saturated heterocycles. The molecule has 0 radical (unpaired) electrons. The fraction of sp³-hybridized carbons (Fsp3) is 0. The van der Waals surface area contributed by atoms with Gasteiger partial charge in [0.2, 0.25) is 5.78 Å². The van der Waals surface area contributed by atoms with Crippen molar-refractivity contribution in [2.24, 2.45) is 4.99 Å². The molecule has 0 atom stereocenters. The molecule has 1 amide bonds. The van der Waals surface area contributed by atoms with Crippen molar-refractivity contribution < 1.29 is 9.59 Å². The highest BCUT2D eigenvalue weighted by atomic mass is 16.2. The Morgan fingerprint density at radius 1 is 0.941 bits per heavy atom. The number of hydrogen-bond acceptors (Lipinski definition) is 2. The Hall–Kier alpha value is -2.49. The van der Waals surface area contributed by atoms with Crippen molar-refractivity contribution >= 4 is 17.8 Å². The number of hydrogen-bond donors (Lipinski definition) is 1. The summed E-state index contributed by atoms with van der Waals surface area (Å²) in [6.45, 7) is 0. The number of ketones is 1. The topological polar surface area (TPSA) is 62.3 Å². The van der Waals surface area contributed by atoms with E-state index in [0.29, 0.717) is 10.6 Å². The summed E-state index contributed by atoms with van der Waals surface area (Å²) in [5.74, 6) is -1.23. The van der Waals surface area contributed by atoms with E-state index in [1.165, 1.54) is 6.08 Å². The van der Waals surface area contributed by atoms with E-state index in [4.69, 9.17) is 0 Å². The van der Waals surface area contributed by atoms with Crippen LogP contribution >= 0.6 is 0 Å². The SMILES string of the molecule is O=C1C=c2ccccc2=NC1=O.c1cc[nH]c1. The van der Waals surface area contributed by atoms with Gasteiger partial charge in [-0.15, -0.1) is 0 Å². The predicted molar refractivity (Wildman–Crippen MR) is 62.5 cm³/mol. The maximum atomic E-state index is 10.9. The predicted octanol–water partition coefficient (Wildman–Crippen LogP) is 0.211. The number of para-hydroxylation sites is 1. The number of nitrogens with one attached hydrogen (secondary N) is 1. The Morgan fingerprint density at radius 3 is 2.29 bits per heavy atom. The number of benzene rings is 1. The summed E-state index contributed by atoms with van der Waals surface area (Å²) < 4.78 is 0. The second-order valence-electron chi connectivity index (χ2n) is 3.37. The van der Waals surface area contributed by atoms with Gasteiger partial charge in [-0.1, -0.05) is 18.2 Å². The summed E-state index contributed by atoms with van der Waals surface area (Å²) >= 11 is 0. The molecule has 1 N–H and O–H groups in total.